The van der Waals surface area contributed by atoms with Gasteiger partial charge in [-0.05, 0) is 24.6 Å². The smallest absolute Gasteiger partial charge is 0.361 e. The molecular formula is C19H17F3N4O2S. The molecule has 4 rings (SSSR count). The molecule has 0 aliphatic carbocycles. The topological polar surface area (TPSA) is 71.3 Å². The van der Waals surface area contributed by atoms with E-state index in [2.05, 4.69) is 20.4 Å². The minimum Gasteiger partial charge on any atom is -0.361 e. The first-order valence-electron chi connectivity index (χ1n) is 8.89. The summed E-state index contributed by atoms with van der Waals surface area (Å²) in [7, 11) is 0. The van der Waals surface area contributed by atoms with E-state index >= 15 is 0 Å². The number of benzene rings is 1. The van der Waals surface area contributed by atoms with E-state index in [4.69, 9.17) is 4.52 Å². The zero-order valence-corrected chi connectivity index (χ0v) is 16.2. The first-order chi connectivity index (χ1) is 13.8. The quantitative estimate of drug-likeness (QED) is 0.680. The molecular weight excluding hydrogens is 405 g/mol. The Kier molecular flexibility index (Phi) is 5.13. The highest BCUT2D eigenvalue weighted by atomic mass is 32.1. The highest BCUT2D eigenvalue weighted by molar-refractivity contribution is 7.15. The molecule has 1 N–H and O–H groups in total. The number of nitrogens with zero attached hydrogens (tertiary/aromatic N) is 3. The van der Waals surface area contributed by atoms with E-state index in [9.17, 15) is 18.0 Å². The molecule has 152 valence electrons. The molecule has 10 heteroatoms. The zero-order chi connectivity index (χ0) is 20.6. The molecule has 0 bridgehead atoms. The van der Waals surface area contributed by atoms with Crippen LogP contribution in [0.15, 0.2) is 34.9 Å². The number of carbonyl (C=O) groups is 1. The number of carbonyl (C=O) groups excluding carboxylic acids is 1. The molecule has 1 aromatic carbocycles. The van der Waals surface area contributed by atoms with Gasteiger partial charge >= 0.3 is 6.18 Å². The fraction of sp³-hybridized carbons (Fsp3) is 0.316. The van der Waals surface area contributed by atoms with E-state index in [0.717, 1.165) is 34.8 Å². The number of alkyl halides is 3. The van der Waals surface area contributed by atoms with Crippen molar-refractivity contribution < 1.29 is 22.5 Å². The Morgan fingerprint density at radius 1 is 1.31 bits per heavy atom. The van der Waals surface area contributed by atoms with Crippen molar-refractivity contribution in [1.82, 2.24) is 15.0 Å². The van der Waals surface area contributed by atoms with Crippen molar-refractivity contribution in [3.05, 3.63) is 63.5 Å². The van der Waals surface area contributed by atoms with Crippen molar-refractivity contribution >= 4 is 22.4 Å². The Morgan fingerprint density at radius 3 is 2.72 bits per heavy atom. The van der Waals surface area contributed by atoms with Gasteiger partial charge in [0.1, 0.15) is 5.76 Å². The second-order valence-corrected chi connectivity index (χ2v) is 7.90. The molecule has 0 spiro atoms. The van der Waals surface area contributed by atoms with Crippen molar-refractivity contribution in [2.24, 2.45) is 0 Å². The fourth-order valence-corrected chi connectivity index (χ4v) is 4.17. The van der Waals surface area contributed by atoms with Gasteiger partial charge in [0.2, 0.25) is 0 Å². The van der Waals surface area contributed by atoms with Gasteiger partial charge in [0.05, 0.1) is 11.3 Å². The SMILES string of the molecule is Cc1cc(C(=O)Nc2nc3c(s2)CN(Cc2ccc(C(F)(F)F)cc2)CC3)no1. The maximum absolute atomic E-state index is 12.7. The van der Waals surface area contributed by atoms with Gasteiger partial charge in [0.15, 0.2) is 10.8 Å². The van der Waals surface area contributed by atoms with Crippen LogP contribution >= 0.6 is 11.3 Å². The first kappa shape index (κ1) is 19.6. The van der Waals surface area contributed by atoms with Crippen LogP contribution in [0.4, 0.5) is 18.3 Å². The lowest BCUT2D eigenvalue weighted by Crippen LogP contribution is -2.29. The summed E-state index contributed by atoms with van der Waals surface area (Å²) < 4.78 is 43.0. The van der Waals surface area contributed by atoms with Crippen LogP contribution < -0.4 is 5.32 Å². The highest BCUT2D eigenvalue weighted by Crippen LogP contribution is 2.31. The lowest BCUT2D eigenvalue weighted by atomic mass is 10.1. The van der Waals surface area contributed by atoms with Crippen molar-refractivity contribution in [2.75, 3.05) is 11.9 Å². The third kappa shape index (κ3) is 4.48. The number of hydrogen-bond acceptors (Lipinski definition) is 6. The number of thiazole rings is 1. The normalized spacial score (nSPS) is 14.6. The molecule has 1 aliphatic rings. The zero-order valence-electron chi connectivity index (χ0n) is 15.4. The molecule has 3 heterocycles. The van der Waals surface area contributed by atoms with Gasteiger partial charge in [-0.1, -0.05) is 17.3 Å². The van der Waals surface area contributed by atoms with Crippen LogP contribution in [0.5, 0.6) is 0 Å². The van der Waals surface area contributed by atoms with Crippen LogP contribution in [-0.2, 0) is 25.7 Å². The Bertz CT molecular complexity index is 1030. The van der Waals surface area contributed by atoms with E-state index in [0.29, 0.717) is 30.4 Å². The molecule has 29 heavy (non-hydrogen) atoms. The molecule has 0 saturated heterocycles. The molecule has 3 aromatic rings. The predicted molar refractivity (Wildman–Crippen MR) is 101 cm³/mol. The summed E-state index contributed by atoms with van der Waals surface area (Å²) in [5.41, 5.74) is 1.30. The van der Waals surface area contributed by atoms with Crippen LogP contribution in [0.25, 0.3) is 0 Å². The Labute approximate surface area is 168 Å². The Morgan fingerprint density at radius 2 is 2.07 bits per heavy atom. The van der Waals surface area contributed by atoms with Crippen LogP contribution in [0.2, 0.25) is 0 Å². The monoisotopic (exact) mass is 422 g/mol. The average molecular weight is 422 g/mol. The number of amides is 1. The molecule has 0 saturated carbocycles. The van der Waals surface area contributed by atoms with E-state index in [1.54, 1.807) is 13.0 Å². The number of anilines is 1. The second kappa shape index (κ2) is 7.60. The van der Waals surface area contributed by atoms with E-state index in [-0.39, 0.29) is 11.6 Å². The third-order valence-electron chi connectivity index (χ3n) is 4.58. The Hall–Kier alpha value is -2.72. The Balaban J connectivity index is 1.39. The standard InChI is InChI=1S/C19H17F3N4O2S/c1-11-8-15(25-28-11)17(27)24-18-23-14-6-7-26(10-16(14)29-18)9-12-2-4-13(5-3-12)19(20,21)22/h2-5,8H,6-7,9-10H2,1H3,(H,23,24,27). The largest absolute Gasteiger partial charge is 0.416 e. The third-order valence-corrected chi connectivity index (χ3v) is 5.58. The minimum absolute atomic E-state index is 0.194. The average Bonchev–Trinajstić information content (AvgIpc) is 3.26. The summed E-state index contributed by atoms with van der Waals surface area (Å²) in [5, 5.41) is 6.92. The number of fused-ring (bicyclic) bond motifs is 1. The van der Waals surface area contributed by atoms with E-state index in [1.165, 1.54) is 23.5 Å². The lowest BCUT2D eigenvalue weighted by Gasteiger charge is -2.25. The maximum Gasteiger partial charge on any atom is 0.416 e. The first-order valence-corrected chi connectivity index (χ1v) is 9.71. The van der Waals surface area contributed by atoms with Gasteiger partial charge < -0.3 is 4.52 Å². The van der Waals surface area contributed by atoms with Gasteiger partial charge in [-0.15, -0.1) is 11.3 Å². The van der Waals surface area contributed by atoms with E-state index in [1.807, 2.05) is 0 Å². The van der Waals surface area contributed by atoms with Crippen LogP contribution in [0, 0.1) is 6.92 Å². The molecule has 1 amide bonds. The molecule has 1 aliphatic heterocycles. The van der Waals surface area contributed by atoms with Crippen LogP contribution in [-0.4, -0.2) is 27.5 Å². The van der Waals surface area contributed by atoms with Crippen molar-refractivity contribution in [3.8, 4) is 0 Å². The van der Waals surface area contributed by atoms with Crippen molar-refractivity contribution in [3.63, 3.8) is 0 Å². The number of aryl methyl sites for hydroxylation is 1. The number of halogens is 3. The van der Waals surface area contributed by atoms with Crippen molar-refractivity contribution in [1.29, 1.82) is 0 Å². The minimum atomic E-state index is -4.33. The molecule has 0 radical (unpaired) electrons. The molecule has 0 unspecified atom stereocenters. The number of hydrogen-bond donors (Lipinski definition) is 1. The van der Waals surface area contributed by atoms with Gasteiger partial charge in [0, 0.05) is 37.0 Å². The van der Waals surface area contributed by atoms with Gasteiger partial charge in [-0.25, -0.2) is 4.98 Å². The summed E-state index contributed by atoms with van der Waals surface area (Å²) in [6, 6.07) is 6.79. The summed E-state index contributed by atoms with van der Waals surface area (Å²) in [5.74, 6) is 0.169. The van der Waals surface area contributed by atoms with Crippen molar-refractivity contribution in [2.45, 2.75) is 32.6 Å². The summed E-state index contributed by atoms with van der Waals surface area (Å²) in [4.78, 5) is 19.9. The van der Waals surface area contributed by atoms with Crippen LogP contribution in [0.3, 0.4) is 0 Å². The van der Waals surface area contributed by atoms with Crippen LogP contribution in [0.1, 0.15) is 37.9 Å². The molecule has 6 nitrogen and oxygen atoms in total. The van der Waals surface area contributed by atoms with Gasteiger partial charge in [-0.2, -0.15) is 13.2 Å². The maximum atomic E-state index is 12.7. The lowest BCUT2D eigenvalue weighted by molar-refractivity contribution is -0.137. The number of aromatic nitrogens is 2. The molecule has 0 atom stereocenters. The molecule has 0 fully saturated rings. The number of rotatable bonds is 4. The van der Waals surface area contributed by atoms with Gasteiger partial charge in [-0.3, -0.25) is 15.0 Å². The fourth-order valence-electron chi connectivity index (χ4n) is 3.13. The van der Waals surface area contributed by atoms with Gasteiger partial charge in [0.25, 0.3) is 5.91 Å². The second-order valence-electron chi connectivity index (χ2n) is 6.82. The summed E-state index contributed by atoms with van der Waals surface area (Å²) in [6.07, 6.45) is -3.61. The molecule has 2 aromatic heterocycles. The summed E-state index contributed by atoms with van der Waals surface area (Å²) >= 11 is 1.39. The highest BCUT2D eigenvalue weighted by Gasteiger charge is 2.30. The predicted octanol–water partition coefficient (Wildman–Crippen LogP) is 4.27. The number of nitrogens with one attached hydrogen (secondary N) is 1. The summed E-state index contributed by atoms with van der Waals surface area (Å²) in [6.45, 7) is 3.63. The van der Waals surface area contributed by atoms with E-state index < -0.39 is 11.7 Å².